The van der Waals surface area contributed by atoms with Crippen LogP contribution in [0.15, 0.2) is 42.5 Å². The summed E-state index contributed by atoms with van der Waals surface area (Å²) in [6.07, 6.45) is 0.609. The molecule has 0 heterocycles. The number of halogens is 1. The molecule has 0 unspecified atom stereocenters. The molecule has 102 valence electrons. The van der Waals surface area contributed by atoms with Crippen molar-refractivity contribution < 1.29 is 18.7 Å². The van der Waals surface area contributed by atoms with Crippen molar-refractivity contribution >= 4 is 12.3 Å². The van der Waals surface area contributed by atoms with E-state index in [-0.39, 0.29) is 12.0 Å². The number of hydrogen-bond acceptors (Lipinski definition) is 3. The Morgan fingerprint density at radius 2 is 2.00 bits per heavy atom. The maximum absolute atomic E-state index is 13.7. The maximum atomic E-state index is 13.7. The number of carbonyl (C=O) groups is 2. The molecule has 0 spiro atoms. The second-order valence-electron chi connectivity index (χ2n) is 4.26. The molecule has 0 saturated carbocycles. The summed E-state index contributed by atoms with van der Waals surface area (Å²) in [4.78, 5) is 22.3. The minimum absolute atomic E-state index is 0.139. The van der Waals surface area contributed by atoms with Crippen LogP contribution in [0, 0.1) is 5.82 Å². The van der Waals surface area contributed by atoms with Crippen LogP contribution in [0.4, 0.5) is 4.39 Å². The molecule has 0 fully saturated rings. The van der Waals surface area contributed by atoms with Crippen molar-refractivity contribution in [3.63, 3.8) is 0 Å². The summed E-state index contributed by atoms with van der Waals surface area (Å²) in [5, 5.41) is 0. The van der Waals surface area contributed by atoms with Crippen molar-refractivity contribution in [1.29, 1.82) is 0 Å². The zero-order chi connectivity index (χ0) is 14.5. The summed E-state index contributed by atoms with van der Waals surface area (Å²) in [5.74, 6) is -0.979. The fraction of sp³-hybridized carbons (Fsp3) is 0.125. The number of benzene rings is 2. The van der Waals surface area contributed by atoms with Crippen LogP contribution < -0.4 is 0 Å². The first-order chi connectivity index (χ1) is 9.65. The first-order valence-electron chi connectivity index (χ1n) is 6.05. The van der Waals surface area contributed by atoms with Gasteiger partial charge in [0.15, 0.2) is 6.29 Å². The van der Waals surface area contributed by atoms with Gasteiger partial charge in [-0.15, -0.1) is 0 Å². The summed E-state index contributed by atoms with van der Waals surface area (Å²) in [6.45, 7) is 0. The predicted molar refractivity (Wildman–Crippen MR) is 72.9 cm³/mol. The van der Waals surface area contributed by atoms with Crippen LogP contribution in [0.3, 0.4) is 0 Å². The van der Waals surface area contributed by atoms with Gasteiger partial charge in [0.25, 0.3) is 0 Å². The van der Waals surface area contributed by atoms with Gasteiger partial charge in [-0.25, -0.2) is 4.39 Å². The zero-order valence-electron chi connectivity index (χ0n) is 10.9. The van der Waals surface area contributed by atoms with E-state index in [2.05, 4.69) is 4.74 Å². The van der Waals surface area contributed by atoms with Gasteiger partial charge in [0.2, 0.25) is 0 Å². The Bertz CT molecular complexity index is 650. The first-order valence-corrected chi connectivity index (χ1v) is 6.05. The minimum Gasteiger partial charge on any atom is -0.469 e. The van der Waals surface area contributed by atoms with Gasteiger partial charge >= 0.3 is 5.97 Å². The van der Waals surface area contributed by atoms with Crippen molar-refractivity contribution in [2.24, 2.45) is 0 Å². The summed E-state index contributed by atoms with van der Waals surface area (Å²) < 4.78 is 18.2. The van der Waals surface area contributed by atoms with Crippen LogP contribution in [0.1, 0.15) is 15.9 Å². The number of esters is 1. The van der Waals surface area contributed by atoms with E-state index in [0.717, 1.165) is 6.29 Å². The highest BCUT2D eigenvalue weighted by Gasteiger charge is 2.11. The van der Waals surface area contributed by atoms with Crippen molar-refractivity contribution in [1.82, 2.24) is 0 Å². The quantitative estimate of drug-likeness (QED) is 0.634. The Morgan fingerprint density at radius 3 is 2.70 bits per heavy atom. The van der Waals surface area contributed by atoms with Gasteiger partial charge in [-0.1, -0.05) is 30.3 Å². The third kappa shape index (κ3) is 2.91. The van der Waals surface area contributed by atoms with Gasteiger partial charge in [-0.3, -0.25) is 9.59 Å². The largest absolute Gasteiger partial charge is 0.469 e. The standard InChI is InChI=1S/C16H13FO3/c1-20-16(19)9-13-8-11(6-7-15(13)17)14-5-3-2-4-12(14)10-18/h2-8,10H,9H2,1H3. The van der Waals surface area contributed by atoms with Gasteiger partial charge in [-0.2, -0.15) is 0 Å². The number of rotatable bonds is 4. The Balaban J connectivity index is 2.45. The average Bonchev–Trinajstić information content (AvgIpc) is 2.49. The van der Waals surface area contributed by atoms with Crippen LogP contribution in [-0.4, -0.2) is 19.4 Å². The van der Waals surface area contributed by atoms with E-state index < -0.39 is 11.8 Å². The van der Waals surface area contributed by atoms with Crippen LogP contribution in [0.2, 0.25) is 0 Å². The minimum atomic E-state index is -0.510. The molecule has 0 N–H and O–H groups in total. The molecule has 0 aliphatic heterocycles. The molecule has 0 aliphatic rings. The van der Waals surface area contributed by atoms with Gasteiger partial charge < -0.3 is 4.74 Å². The highest BCUT2D eigenvalue weighted by atomic mass is 19.1. The first kappa shape index (κ1) is 13.9. The molecule has 4 heteroatoms. The van der Waals surface area contributed by atoms with Crippen LogP contribution in [0.5, 0.6) is 0 Å². The van der Waals surface area contributed by atoms with Crippen LogP contribution >= 0.6 is 0 Å². The lowest BCUT2D eigenvalue weighted by atomic mass is 9.97. The number of aldehydes is 1. The predicted octanol–water partition coefficient (Wildman–Crippen LogP) is 3.02. The molecule has 0 saturated heterocycles. The van der Waals surface area contributed by atoms with E-state index in [1.807, 2.05) is 0 Å². The third-order valence-electron chi connectivity index (χ3n) is 3.01. The SMILES string of the molecule is COC(=O)Cc1cc(-c2ccccc2C=O)ccc1F. The Hall–Kier alpha value is -2.49. The fourth-order valence-corrected chi connectivity index (χ4v) is 1.97. The lowest BCUT2D eigenvalue weighted by Crippen LogP contribution is -2.06. The van der Waals surface area contributed by atoms with Gasteiger partial charge in [0, 0.05) is 5.56 Å². The molecular formula is C16H13FO3. The van der Waals surface area contributed by atoms with Gasteiger partial charge in [0.1, 0.15) is 5.82 Å². The molecule has 0 bridgehead atoms. The second kappa shape index (κ2) is 6.10. The second-order valence-corrected chi connectivity index (χ2v) is 4.26. The fourth-order valence-electron chi connectivity index (χ4n) is 1.97. The number of ether oxygens (including phenoxy) is 1. The molecule has 2 rings (SSSR count). The molecule has 20 heavy (non-hydrogen) atoms. The zero-order valence-corrected chi connectivity index (χ0v) is 10.9. The monoisotopic (exact) mass is 272 g/mol. The van der Waals surface area contributed by atoms with Crippen LogP contribution in [0.25, 0.3) is 11.1 Å². The Kier molecular flexibility index (Phi) is 4.25. The molecule has 0 amide bonds. The molecule has 3 nitrogen and oxygen atoms in total. The van der Waals surface area contributed by atoms with E-state index in [1.165, 1.54) is 13.2 Å². The van der Waals surface area contributed by atoms with Crippen molar-refractivity contribution in [3.05, 3.63) is 59.4 Å². The Morgan fingerprint density at radius 1 is 1.25 bits per heavy atom. The van der Waals surface area contributed by atoms with Gasteiger partial charge in [0.05, 0.1) is 13.5 Å². The summed E-state index contributed by atoms with van der Waals surface area (Å²) in [5.41, 5.74) is 2.15. The van der Waals surface area contributed by atoms with Crippen molar-refractivity contribution in [2.75, 3.05) is 7.11 Å². The lowest BCUT2D eigenvalue weighted by molar-refractivity contribution is -0.139. The molecule has 0 aliphatic carbocycles. The number of hydrogen-bond donors (Lipinski definition) is 0. The topological polar surface area (TPSA) is 43.4 Å². The number of methoxy groups -OCH3 is 1. The van der Waals surface area contributed by atoms with Crippen molar-refractivity contribution in [3.8, 4) is 11.1 Å². The highest BCUT2D eigenvalue weighted by molar-refractivity contribution is 5.87. The molecule has 0 aromatic heterocycles. The van der Waals surface area contributed by atoms with Crippen molar-refractivity contribution in [2.45, 2.75) is 6.42 Å². The van der Waals surface area contributed by atoms with E-state index in [4.69, 9.17) is 0 Å². The number of carbonyl (C=O) groups excluding carboxylic acids is 2. The maximum Gasteiger partial charge on any atom is 0.310 e. The van der Waals surface area contributed by atoms with E-state index in [9.17, 15) is 14.0 Å². The molecule has 2 aromatic carbocycles. The van der Waals surface area contributed by atoms with E-state index in [1.54, 1.807) is 36.4 Å². The van der Waals surface area contributed by atoms with Crippen LogP contribution in [-0.2, 0) is 16.0 Å². The van der Waals surface area contributed by atoms with E-state index >= 15 is 0 Å². The normalized spacial score (nSPS) is 10.1. The molecular weight excluding hydrogens is 259 g/mol. The molecule has 0 atom stereocenters. The summed E-state index contributed by atoms with van der Waals surface area (Å²) >= 11 is 0. The summed E-state index contributed by atoms with van der Waals surface area (Å²) in [7, 11) is 1.26. The highest BCUT2D eigenvalue weighted by Crippen LogP contribution is 2.25. The smallest absolute Gasteiger partial charge is 0.310 e. The Labute approximate surface area is 116 Å². The third-order valence-corrected chi connectivity index (χ3v) is 3.01. The average molecular weight is 272 g/mol. The summed E-state index contributed by atoms with van der Waals surface area (Å²) in [6, 6.07) is 11.4. The molecule has 0 radical (unpaired) electrons. The molecule has 2 aromatic rings. The van der Waals surface area contributed by atoms with E-state index in [0.29, 0.717) is 16.7 Å². The lowest BCUT2D eigenvalue weighted by Gasteiger charge is -2.08. The van der Waals surface area contributed by atoms with Gasteiger partial charge in [-0.05, 0) is 28.8 Å².